The van der Waals surface area contributed by atoms with Gasteiger partial charge in [0.1, 0.15) is 0 Å². The molecule has 112 valence electrons. The Hall–Kier alpha value is -2.06. The second-order valence-corrected chi connectivity index (χ2v) is 4.70. The fourth-order valence-corrected chi connectivity index (χ4v) is 1.86. The average Bonchev–Trinajstić information content (AvgIpc) is 2.48. The van der Waals surface area contributed by atoms with Gasteiger partial charge in [0.15, 0.2) is 0 Å². The van der Waals surface area contributed by atoms with Crippen LogP contribution >= 0.6 is 11.6 Å². The predicted molar refractivity (Wildman–Crippen MR) is 78.8 cm³/mol. The molecular weight excluding hydrogens is 292 g/mol. The summed E-state index contributed by atoms with van der Waals surface area (Å²) >= 11 is 5.79. The highest BCUT2D eigenvalue weighted by Crippen LogP contribution is 2.12. The molecule has 0 aliphatic heterocycles. The van der Waals surface area contributed by atoms with E-state index < -0.39 is 0 Å². The number of hydrogen-bond acceptors (Lipinski definition) is 4. The molecule has 0 aliphatic rings. The number of rotatable bonds is 7. The van der Waals surface area contributed by atoms with Crippen LogP contribution in [0.15, 0.2) is 24.3 Å². The third-order valence-electron chi connectivity index (χ3n) is 2.76. The van der Waals surface area contributed by atoms with Crippen molar-refractivity contribution in [2.75, 3.05) is 19.7 Å². The zero-order valence-electron chi connectivity index (χ0n) is 11.8. The molecule has 1 aromatic carbocycles. The zero-order valence-corrected chi connectivity index (χ0v) is 12.6. The zero-order chi connectivity index (χ0) is 15.7. The normalized spacial score (nSPS) is 9.76. The molecule has 0 N–H and O–H groups in total. The molecule has 0 unspecified atom stereocenters. The van der Waals surface area contributed by atoms with Crippen molar-refractivity contribution in [3.8, 4) is 6.07 Å². The minimum Gasteiger partial charge on any atom is -0.466 e. The minimum atomic E-state index is -0.358. The van der Waals surface area contributed by atoms with Gasteiger partial charge in [-0.3, -0.25) is 9.59 Å². The number of ether oxygens (including phenoxy) is 1. The van der Waals surface area contributed by atoms with E-state index in [9.17, 15) is 9.59 Å². The van der Waals surface area contributed by atoms with E-state index in [-0.39, 0.29) is 37.8 Å². The van der Waals surface area contributed by atoms with E-state index in [1.807, 2.05) is 6.07 Å². The van der Waals surface area contributed by atoms with Crippen molar-refractivity contribution in [3.05, 3.63) is 34.9 Å². The lowest BCUT2D eigenvalue weighted by molar-refractivity contribution is -0.143. The van der Waals surface area contributed by atoms with Crippen LogP contribution in [-0.4, -0.2) is 36.5 Å². The number of carbonyl (C=O) groups excluding carboxylic acids is 2. The molecule has 0 saturated heterocycles. The number of benzene rings is 1. The van der Waals surface area contributed by atoms with Gasteiger partial charge in [-0.2, -0.15) is 5.26 Å². The molecule has 0 spiro atoms. The molecule has 0 fully saturated rings. The quantitative estimate of drug-likeness (QED) is 0.726. The molecule has 1 rings (SSSR count). The predicted octanol–water partition coefficient (Wildman–Crippen LogP) is 2.65. The van der Waals surface area contributed by atoms with Gasteiger partial charge in [-0.25, -0.2) is 0 Å². The molecule has 0 aromatic heterocycles. The Morgan fingerprint density at radius 3 is 2.52 bits per heavy atom. The molecule has 0 bridgehead atoms. The molecule has 0 aliphatic carbocycles. The number of nitriles is 1. The maximum atomic E-state index is 12.4. The highest BCUT2D eigenvalue weighted by Gasteiger charge is 2.17. The largest absolute Gasteiger partial charge is 0.466 e. The summed E-state index contributed by atoms with van der Waals surface area (Å²) < 4.78 is 4.84. The third kappa shape index (κ3) is 5.84. The lowest BCUT2D eigenvalue weighted by Gasteiger charge is -2.21. The number of hydrogen-bond donors (Lipinski definition) is 0. The summed E-state index contributed by atoms with van der Waals surface area (Å²) in [6.45, 7) is 2.53. The molecular formula is C15H17ClN2O3. The second-order valence-electron chi connectivity index (χ2n) is 4.26. The molecule has 0 heterocycles. The van der Waals surface area contributed by atoms with Gasteiger partial charge in [0, 0.05) is 23.7 Å². The molecule has 0 atom stereocenters. The van der Waals surface area contributed by atoms with E-state index in [1.165, 1.54) is 4.90 Å². The Labute approximate surface area is 129 Å². The first kappa shape index (κ1) is 17.0. The maximum Gasteiger partial charge on any atom is 0.307 e. The monoisotopic (exact) mass is 308 g/mol. The van der Waals surface area contributed by atoms with Gasteiger partial charge in [0.2, 0.25) is 0 Å². The van der Waals surface area contributed by atoms with Crippen molar-refractivity contribution in [1.29, 1.82) is 5.26 Å². The van der Waals surface area contributed by atoms with E-state index >= 15 is 0 Å². The molecule has 1 aromatic rings. The van der Waals surface area contributed by atoms with Crippen molar-refractivity contribution in [2.45, 2.75) is 19.8 Å². The van der Waals surface area contributed by atoms with E-state index in [4.69, 9.17) is 21.6 Å². The standard InChI is InChI=1S/C15H17ClN2O3/c1-2-21-14(19)8-11-18(10-3-9-17)15(20)12-4-6-13(16)7-5-12/h4-7H,2-3,8,10-11H2,1H3. The number of esters is 1. The van der Waals surface area contributed by atoms with E-state index in [0.717, 1.165) is 0 Å². The van der Waals surface area contributed by atoms with Gasteiger partial charge < -0.3 is 9.64 Å². The summed E-state index contributed by atoms with van der Waals surface area (Å²) in [7, 11) is 0. The fraction of sp³-hybridized carbons (Fsp3) is 0.400. The van der Waals surface area contributed by atoms with Crippen molar-refractivity contribution in [2.24, 2.45) is 0 Å². The van der Waals surface area contributed by atoms with Crippen molar-refractivity contribution >= 4 is 23.5 Å². The average molecular weight is 309 g/mol. The Bertz CT molecular complexity index is 523. The Kier molecular flexibility index (Phi) is 7.27. The van der Waals surface area contributed by atoms with Crippen molar-refractivity contribution in [1.82, 2.24) is 4.90 Å². The van der Waals surface area contributed by atoms with Crippen LogP contribution in [0.4, 0.5) is 0 Å². The summed E-state index contributed by atoms with van der Waals surface area (Å²) in [5.74, 6) is -0.588. The molecule has 21 heavy (non-hydrogen) atoms. The highest BCUT2D eigenvalue weighted by atomic mass is 35.5. The Morgan fingerprint density at radius 1 is 1.29 bits per heavy atom. The lowest BCUT2D eigenvalue weighted by atomic mass is 10.2. The van der Waals surface area contributed by atoms with Gasteiger partial charge in [0.05, 0.1) is 25.5 Å². The molecule has 0 radical (unpaired) electrons. The number of amides is 1. The third-order valence-corrected chi connectivity index (χ3v) is 3.02. The molecule has 0 saturated carbocycles. The summed E-state index contributed by atoms with van der Waals surface area (Å²) in [6.07, 6.45) is 0.320. The Morgan fingerprint density at radius 2 is 1.95 bits per heavy atom. The van der Waals surface area contributed by atoms with Crippen LogP contribution in [-0.2, 0) is 9.53 Å². The highest BCUT2D eigenvalue weighted by molar-refractivity contribution is 6.30. The number of carbonyl (C=O) groups is 2. The van der Waals surface area contributed by atoms with Gasteiger partial charge in [-0.15, -0.1) is 0 Å². The first-order chi connectivity index (χ1) is 10.1. The van der Waals surface area contributed by atoms with Crippen LogP contribution in [0, 0.1) is 11.3 Å². The molecule has 6 heteroatoms. The minimum absolute atomic E-state index is 0.110. The number of halogens is 1. The van der Waals surface area contributed by atoms with Crippen molar-refractivity contribution < 1.29 is 14.3 Å². The van der Waals surface area contributed by atoms with Gasteiger partial charge in [-0.1, -0.05) is 11.6 Å². The Balaban J connectivity index is 2.71. The first-order valence-corrected chi connectivity index (χ1v) is 7.03. The van der Waals surface area contributed by atoms with E-state index in [0.29, 0.717) is 17.2 Å². The van der Waals surface area contributed by atoms with Crippen LogP contribution in [0.3, 0.4) is 0 Å². The molecule has 5 nitrogen and oxygen atoms in total. The van der Waals surface area contributed by atoms with Crippen LogP contribution in [0.5, 0.6) is 0 Å². The van der Waals surface area contributed by atoms with Crippen molar-refractivity contribution in [3.63, 3.8) is 0 Å². The summed E-state index contributed by atoms with van der Waals surface area (Å²) in [5, 5.41) is 9.21. The molecule has 1 amide bonds. The smallest absolute Gasteiger partial charge is 0.307 e. The number of nitrogens with zero attached hydrogens (tertiary/aromatic N) is 2. The van der Waals surface area contributed by atoms with E-state index in [1.54, 1.807) is 31.2 Å². The van der Waals surface area contributed by atoms with Crippen LogP contribution in [0.1, 0.15) is 30.1 Å². The topological polar surface area (TPSA) is 70.4 Å². The van der Waals surface area contributed by atoms with Crippen LogP contribution in [0.25, 0.3) is 0 Å². The van der Waals surface area contributed by atoms with E-state index in [2.05, 4.69) is 0 Å². The first-order valence-electron chi connectivity index (χ1n) is 6.66. The SMILES string of the molecule is CCOC(=O)CCN(CCC#N)C(=O)c1ccc(Cl)cc1. The van der Waals surface area contributed by atoms with Crippen LogP contribution < -0.4 is 0 Å². The summed E-state index contributed by atoms with van der Waals surface area (Å²) in [5.41, 5.74) is 0.473. The van der Waals surface area contributed by atoms with Gasteiger partial charge in [-0.05, 0) is 31.2 Å². The maximum absolute atomic E-state index is 12.4. The van der Waals surface area contributed by atoms with Gasteiger partial charge >= 0.3 is 5.97 Å². The van der Waals surface area contributed by atoms with Crippen LogP contribution in [0.2, 0.25) is 5.02 Å². The van der Waals surface area contributed by atoms with Gasteiger partial charge in [0.25, 0.3) is 5.91 Å². The fourth-order valence-electron chi connectivity index (χ4n) is 1.73. The summed E-state index contributed by atoms with van der Waals surface area (Å²) in [6, 6.07) is 8.49. The summed E-state index contributed by atoms with van der Waals surface area (Å²) in [4.78, 5) is 25.2. The second kappa shape index (κ2) is 8.98. The lowest BCUT2D eigenvalue weighted by Crippen LogP contribution is -2.34.